The number of carbonyl (C=O) groups is 2. The lowest BCUT2D eigenvalue weighted by Gasteiger charge is -2.33. The summed E-state index contributed by atoms with van der Waals surface area (Å²) in [6, 6.07) is 9.12. The highest BCUT2D eigenvalue weighted by Gasteiger charge is 2.34. The monoisotopic (exact) mass is 435 g/mol. The third-order valence-electron chi connectivity index (χ3n) is 6.79. The number of likely N-dealkylation sites (tertiary alicyclic amines) is 1. The molecule has 3 saturated heterocycles. The van der Waals surface area contributed by atoms with Crippen molar-refractivity contribution in [3.63, 3.8) is 0 Å². The summed E-state index contributed by atoms with van der Waals surface area (Å²) in [6.07, 6.45) is 7.50. The number of fused-ring (bicyclic) bond motifs is 2. The molecule has 0 aliphatic carbocycles. The molecule has 3 fully saturated rings. The minimum atomic E-state index is 0. The first-order valence-electron chi connectivity index (χ1n) is 11.1. The molecule has 0 saturated carbocycles. The average Bonchev–Trinajstić information content (AvgIpc) is 3.07. The van der Waals surface area contributed by atoms with Crippen molar-refractivity contribution in [2.75, 3.05) is 20.2 Å². The van der Waals surface area contributed by atoms with Crippen LogP contribution in [0.1, 0.15) is 50.5 Å². The molecular weight excluding hydrogens is 402 g/mol. The van der Waals surface area contributed by atoms with Gasteiger partial charge in [-0.25, -0.2) is 0 Å². The number of methoxy groups -OCH3 is 1. The van der Waals surface area contributed by atoms with Crippen LogP contribution in [0.15, 0.2) is 24.3 Å². The van der Waals surface area contributed by atoms with Gasteiger partial charge in [0.15, 0.2) is 0 Å². The molecule has 3 aliphatic heterocycles. The van der Waals surface area contributed by atoms with Crippen LogP contribution in [0.2, 0.25) is 0 Å². The minimum Gasteiger partial charge on any atom is -0.496 e. The number of ether oxygens (including phenoxy) is 1. The van der Waals surface area contributed by atoms with Crippen LogP contribution >= 0.6 is 12.4 Å². The van der Waals surface area contributed by atoms with E-state index < -0.39 is 0 Å². The molecule has 166 valence electrons. The van der Waals surface area contributed by atoms with Crippen LogP contribution in [0.3, 0.4) is 0 Å². The molecule has 30 heavy (non-hydrogen) atoms. The second-order valence-electron chi connectivity index (χ2n) is 8.89. The molecule has 4 rings (SSSR count). The number of rotatable bonds is 6. The maximum atomic E-state index is 12.7. The highest BCUT2D eigenvalue weighted by Crippen LogP contribution is 2.32. The average molecular weight is 436 g/mol. The van der Waals surface area contributed by atoms with Gasteiger partial charge in [0, 0.05) is 43.2 Å². The summed E-state index contributed by atoms with van der Waals surface area (Å²) in [6.45, 7) is 1.41. The minimum absolute atomic E-state index is 0. The largest absolute Gasteiger partial charge is 0.496 e. The molecule has 6 nitrogen and oxygen atoms in total. The van der Waals surface area contributed by atoms with Crippen molar-refractivity contribution >= 4 is 24.2 Å². The third kappa shape index (κ3) is 5.67. The highest BCUT2D eigenvalue weighted by molar-refractivity contribution is 5.85. The van der Waals surface area contributed by atoms with Crippen molar-refractivity contribution in [1.82, 2.24) is 15.5 Å². The molecule has 0 aromatic heterocycles. The number of hydrogen-bond donors (Lipinski definition) is 2. The Kier molecular flexibility index (Phi) is 8.00. The van der Waals surface area contributed by atoms with Gasteiger partial charge in [-0.1, -0.05) is 18.2 Å². The van der Waals surface area contributed by atoms with E-state index in [0.717, 1.165) is 37.0 Å². The van der Waals surface area contributed by atoms with E-state index in [1.54, 1.807) is 7.11 Å². The summed E-state index contributed by atoms with van der Waals surface area (Å²) in [5, 5.41) is 6.86. The first-order valence-corrected chi connectivity index (χ1v) is 11.1. The Morgan fingerprint density at radius 3 is 2.43 bits per heavy atom. The molecule has 0 spiro atoms. The second kappa shape index (κ2) is 10.5. The fourth-order valence-electron chi connectivity index (χ4n) is 5.29. The number of hydrogen-bond acceptors (Lipinski definition) is 4. The number of benzene rings is 1. The van der Waals surface area contributed by atoms with Gasteiger partial charge in [0.2, 0.25) is 11.8 Å². The lowest BCUT2D eigenvalue weighted by molar-refractivity contribution is -0.131. The Bertz CT molecular complexity index is 724. The smallest absolute Gasteiger partial charge is 0.227 e. The van der Waals surface area contributed by atoms with E-state index in [1.807, 2.05) is 29.2 Å². The Hall–Kier alpha value is -1.79. The van der Waals surface area contributed by atoms with E-state index in [0.29, 0.717) is 43.9 Å². The number of piperidine rings is 2. The highest BCUT2D eigenvalue weighted by atomic mass is 35.5. The molecule has 2 unspecified atom stereocenters. The summed E-state index contributed by atoms with van der Waals surface area (Å²) < 4.78 is 5.35. The lowest BCUT2D eigenvalue weighted by atomic mass is 9.89. The van der Waals surface area contributed by atoms with Crippen LogP contribution in [-0.2, 0) is 16.0 Å². The van der Waals surface area contributed by atoms with E-state index in [9.17, 15) is 9.59 Å². The summed E-state index contributed by atoms with van der Waals surface area (Å²) in [5.41, 5.74) is 0.923. The normalized spacial score (nSPS) is 26.0. The van der Waals surface area contributed by atoms with Crippen molar-refractivity contribution in [2.24, 2.45) is 5.92 Å². The first-order chi connectivity index (χ1) is 14.1. The third-order valence-corrected chi connectivity index (χ3v) is 6.79. The number of halogens is 1. The van der Waals surface area contributed by atoms with Crippen LogP contribution in [-0.4, -0.2) is 55.0 Å². The molecule has 7 heteroatoms. The summed E-state index contributed by atoms with van der Waals surface area (Å²) in [5.74, 6) is 1.60. The topological polar surface area (TPSA) is 70.7 Å². The van der Waals surface area contributed by atoms with Gasteiger partial charge in [0.1, 0.15) is 5.75 Å². The quantitative estimate of drug-likeness (QED) is 0.720. The zero-order valence-electron chi connectivity index (χ0n) is 17.8. The van der Waals surface area contributed by atoms with Gasteiger partial charge in [-0.05, 0) is 50.5 Å². The SMILES string of the molecule is COc1ccccc1CC(=O)N1CCC(NC(=O)CC2CC3CCC(C2)N3)CC1.Cl. The van der Waals surface area contributed by atoms with Gasteiger partial charge in [-0.3, -0.25) is 9.59 Å². The van der Waals surface area contributed by atoms with Crippen molar-refractivity contribution in [2.45, 2.75) is 69.5 Å². The molecule has 1 aromatic carbocycles. The fourth-order valence-corrected chi connectivity index (χ4v) is 5.29. The van der Waals surface area contributed by atoms with E-state index in [2.05, 4.69) is 10.6 Å². The molecular formula is C23H34ClN3O3. The van der Waals surface area contributed by atoms with Crippen LogP contribution < -0.4 is 15.4 Å². The Balaban J connectivity index is 0.00000256. The molecule has 2 amide bonds. The fraction of sp³-hybridized carbons (Fsp3) is 0.652. The van der Waals surface area contributed by atoms with Crippen LogP contribution in [0.5, 0.6) is 5.75 Å². The van der Waals surface area contributed by atoms with Crippen molar-refractivity contribution < 1.29 is 14.3 Å². The molecule has 2 atom stereocenters. The van der Waals surface area contributed by atoms with Gasteiger partial charge in [-0.2, -0.15) is 0 Å². The van der Waals surface area contributed by atoms with Crippen LogP contribution in [0.4, 0.5) is 0 Å². The molecule has 1 aromatic rings. The zero-order valence-corrected chi connectivity index (χ0v) is 18.6. The first kappa shape index (κ1) is 22.9. The van der Waals surface area contributed by atoms with Gasteiger partial charge in [-0.15, -0.1) is 12.4 Å². The maximum Gasteiger partial charge on any atom is 0.227 e. The Morgan fingerprint density at radius 1 is 1.10 bits per heavy atom. The van der Waals surface area contributed by atoms with Crippen LogP contribution in [0, 0.1) is 5.92 Å². The van der Waals surface area contributed by atoms with Gasteiger partial charge >= 0.3 is 0 Å². The van der Waals surface area contributed by atoms with E-state index in [4.69, 9.17) is 4.74 Å². The predicted octanol–water partition coefficient (Wildman–Crippen LogP) is 2.69. The Morgan fingerprint density at radius 2 is 1.77 bits per heavy atom. The number of nitrogens with one attached hydrogen (secondary N) is 2. The van der Waals surface area contributed by atoms with E-state index in [-0.39, 0.29) is 30.3 Å². The molecule has 2 N–H and O–H groups in total. The summed E-state index contributed by atoms with van der Waals surface area (Å²) in [4.78, 5) is 27.1. The molecule has 2 bridgehead atoms. The van der Waals surface area contributed by atoms with Gasteiger partial charge < -0.3 is 20.3 Å². The summed E-state index contributed by atoms with van der Waals surface area (Å²) in [7, 11) is 1.63. The van der Waals surface area contributed by atoms with E-state index >= 15 is 0 Å². The number of para-hydroxylation sites is 1. The zero-order chi connectivity index (χ0) is 20.2. The standard InChI is InChI=1S/C23H33N3O3.ClH/c1-29-21-5-3-2-4-17(21)15-23(28)26-10-8-18(9-11-26)25-22(27)14-16-12-19-6-7-20(13-16)24-19;/h2-5,16,18-20,24H,6-15H2,1H3,(H,25,27);1H. The van der Waals surface area contributed by atoms with Crippen LogP contribution in [0.25, 0.3) is 0 Å². The van der Waals surface area contributed by atoms with E-state index in [1.165, 1.54) is 12.8 Å². The van der Waals surface area contributed by atoms with Gasteiger partial charge in [0.25, 0.3) is 0 Å². The van der Waals surface area contributed by atoms with Crippen molar-refractivity contribution in [1.29, 1.82) is 0 Å². The number of nitrogens with zero attached hydrogens (tertiary/aromatic N) is 1. The second-order valence-corrected chi connectivity index (χ2v) is 8.89. The maximum absolute atomic E-state index is 12.7. The number of amides is 2. The molecule has 3 aliphatic rings. The summed E-state index contributed by atoms with van der Waals surface area (Å²) >= 11 is 0. The van der Waals surface area contributed by atoms with Gasteiger partial charge in [0.05, 0.1) is 13.5 Å². The molecule has 3 heterocycles. The molecule has 0 radical (unpaired) electrons. The van der Waals surface area contributed by atoms with Crippen molar-refractivity contribution in [3.8, 4) is 5.75 Å². The number of carbonyl (C=O) groups excluding carboxylic acids is 2. The lowest BCUT2D eigenvalue weighted by Crippen LogP contribution is -2.47. The Labute approximate surface area is 185 Å². The van der Waals surface area contributed by atoms with Crippen molar-refractivity contribution in [3.05, 3.63) is 29.8 Å². The predicted molar refractivity (Wildman–Crippen MR) is 119 cm³/mol.